The monoisotopic (exact) mass is 466 g/mol. The molecule has 1 amide bonds. The molecule has 6 nitrogen and oxygen atoms in total. The van der Waals surface area contributed by atoms with Crippen LogP contribution in [-0.4, -0.2) is 28.4 Å². The van der Waals surface area contributed by atoms with Crippen LogP contribution in [0, 0.1) is 5.82 Å². The molecular weight excluding hydrogens is 447 g/mol. The van der Waals surface area contributed by atoms with Gasteiger partial charge in [-0.05, 0) is 60.5 Å². The van der Waals surface area contributed by atoms with Crippen LogP contribution in [0.5, 0.6) is 5.75 Å². The van der Waals surface area contributed by atoms with Gasteiger partial charge in [0, 0.05) is 23.6 Å². The van der Waals surface area contributed by atoms with E-state index >= 15 is 0 Å². The second kappa shape index (κ2) is 9.42. The Kier molecular flexibility index (Phi) is 6.42. The highest BCUT2D eigenvalue weighted by atomic mass is 35.5. The number of pyridine rings is 1. The molecule has 2 aromatic carbocycles. The number of nitrogens with zero attached hydrogens (tertiary/aromatic N) is 2. The van der Waals surface area contributed by atoms with E-state index in [4.69, 9.17) is 16.3 Å². The van der Waals surface area contributed by atoms with Gasteiger partial charge in [-0.1, -0.05) is 24.6 Å². The van der Waals surface area contributed by atoms with Crippen LogP contribution in [0.25, 0.3) is 5.76 Å². The van der Waals surface area contributed by atoms with Crippen molar-refractivity contribution in [1.29, 1.82) is 0 Å². The van der Waals surface area contributed by atoms with Crippen molar-refractivity contribution < 1.29 is 23.8 Å². The first kappa shape index (κ1) is 22.5. The van der Waals surface area contributed by atoms with Crippen LogP contribution in [0.15, 0.2) is 72.6 Å². The van der Waals surface area contributed by atoms with Crippen LogP contribution >= 0.6 is 11.6 Å². The Bertz CT molecular complexity index is 1230. The van der Waals surface area contributed by atoms with Crippen LogP contribution < -0.4 is 9.64 Å². The predicted molar refractivity (Wildman–Crippen MR) is 123 cm³/mol. The van der Waals surface area contributed by atoms with Crippen LogP contribution in [0.1, 0.15) is 30.5 Å². The summed E-state index contributed by atoms with van der Waals surface area (Å²) < 4.78 is 19.3. The molecule has 168 valence electrons. The highest BCUT2D eigenvalue weighted by Gasteiger charge is 2.47. The van der Waals surface area contributed by atoms with E-state index in [0.717, 1.165) is 12.5 Å². The summed E-state index contributed by atoms with van der Waals surface area (Å²) in [5.41, 5.74) is 0.972. The quantitative estimate of drug-likeness (QED) is 0.303. The van der Waals surface area contributed by atoms with E-state index in [1.807, 2.05) is 6.92 Å². The van der Waals surface area contributed by atoms with E-state index in [-0.39, 0.29) is 22.0 Å². The van der Waals surface area contributed by atoms with Gasteiger partial charge in [0.2, 0.25) is 0 Å². The Balaban J connectivity index is 1.84. The summed E-state index contributed by atoms with van der Waals surface area (Å²) >= 11 is 5.93. The van der Waals surface area contributed by atoms with E-state index in [1.54, 1.807) is 42.6 Å². The molecule has 8 heteroatoms. The lowest BCUT2D eigenvalue weighted by Gasteiger charge is -2.25. The maximum Gasteiger partial charge on any atom is 0.300 e. The Morgan fingerprint density at radius 2 is 1.94 bits per heavy atom. The summed E-state index contributed by atoms with van der Waals surface area (Å²) in [7, 11) is 0. The molecule has 1 saturated heterocycles. The third-order valence-electron chi connectivity index (χ3n) is 5.23. The van der Waals surface area contributed by atoms with Crippen LogP contribution in [0.3, 0.4) is 0 Å². The van der Waals surface area contributed by atoms with Crippen LogP contribution in [-0.2, 0) is 9.59 Å². The summed E-state index contributed by atoms with van der Waals surface area (Å²) in [5.74, 6) is -2.09. The highest BCUT2D eigenvalue weighted by Crippen LogP contribution is 2.42. The van der Waals surface area contributed by atoms with E-state index in [9.17, 15) is 19.1 Å². The van der Waals surface area contributed by atoms with Gasteiger partial charge in [-0.25, -0.2) is 4.39 Å². The lowest BCUT2D eigenvalue weighted by molar-refractivity contribution is -0.132. The number of aliphatic hydroxyl groups excluding tert-OH is 1. The second-order valence-electron chi connectivity index (χ2n) is 7.43. The number of amides is 1. The lowest BCUT2D eigenvalue weighted by atomic mass is 9.96. The fourth-order valence-corrected chi connectivity index (χ4v) is 3.85. The van der Waals surface area contributed by atoms with Crippen molar-refractivity contribution in [2.24, 2.45) is 0 Å². The number of benzene rings is 2. The first-order valence-corrected chi connectivity index (χ1v) is 10.7. The molecule has 1 aliphatic rings. The van der Waals surface area contributed by atoms with Crippen molar-refractivity contribution in [1.82, 2.24) is 4.98 Å². The van der Waals surface area contributed by atoms with Gasteiger partial charge in [-0.3, -0.25) is 19.5 Å². The zero-order chi connectivity index (χ0) is 23.5. The average Bonchev–Trinajstić information content (AvgIpc) is 3.10. The minimum absolute atomic E-state index is 0.101. The minimum atomic E-state index is -0.976. The number of halogens is 2. The van der Waals surface area contributed by atoms with Gasteiger partial charge in [0.15, 0.2) is 0 Å². The molecule has 0 saturated carbocycles. The number of anilines is 1. The van der Waals surface area contributed by atoms with E-state index in [2.05, 4.69) is 4.98 Å². The molecule has 33 heavy (non-hydrogen) atoms. The summed E-state index contributed by atoms with van der Waals surface area (Å²) in [4.78, 5) is 31.4. The van der Waals surface area contributed by atoms with Gasteiger partial charge < -0.3 is 9.84 Å². The topological polar surface area (TPSA) is 79.7 Å². The van der Waals surface area contributed by atoms with Crippen molar-refractivity contribution in [2.75, 3.05) is 11.5 Å². The van der Waals surface area contributed by atoms with Gasteiger partial charge in [0.05, 0.1) is 23.2 Å². The molecule has 0 radical (unpaired) electrons. The standard InChI is InChI=1S/C25H20ClFN2O4/c1-2-12-33-18-8-5-15(6-9-18)23(30)21-22(16-4-3-11-28-14-16)29(25(32)24(21)31)17-7-10-20(27)19(26)13-17/h3-11,13-14,22,30H,2,12H2,1H3/b23-21+. The van der Waals surface area contributed by atoms with Crippen molar-refractivity contribution in [3.8, 4) is 5.75 Å². The average molecular weight is 467 g/mol. The molecule has 1 unspecified atom stereocenters. The fraction of sp³-hybridized carbons (Fsp3) is 0.160. The fourth-order valence-electron chi connectivity index (χ4n) is 3.67. The first-order valence-electron chi connectivity index (χ1n) is 10.3. The highest BCUT2D eigenvalue weighted by molar-refractivity contribution is 6.51. The van der Waals surface area contributed by atoms with Crippen molar-refractivity contribution in [2.45, 2.75) is 19.4 Å². The number of rotatable bonds is 6. The molecular formula is C25H20ClFN2O4. The SMILES string of the molecule is CCCOc1ccc(/C(O)=C2\C(=O)C(=O)N(c3ccc(F)c(Cl)c3)C2c2cccnc2)cc1. The van der Waals surface area contributed by atoms with Gasteiger partial charge in [-0.2, -0.15) is 0 Å². The molecule has 3 aromatic rings. The summed E-state index contributed by atoms with van der Waals surface area (Å²) in [6.45, 7) is 2.55. The van der Waals surface area contributed by atoms with Crippen LogP contribution in [0.2, 0.25) is 5.02 Å². The van der Waals surface area contributed by atoms with E-state index in [1.165, 1.54) is 23.2 Å². The lowest BCUT2D eigenvalue weighted by Crippen LogP contribution is -2.29. The third kappa shape index (κ3) is 4.32. The zero-order valence-electron chi connectivity index (χ0n) is 17.7. The molecule has 4 rings (SSSR count). The van der Waals surface area contributed by atoms with Crippen molar-refractivity contribution >= 4 is 34.7 Å². The number of ether oxygens (including phenoxy) is 1. The Morgan fingerprint density at radius 1 is 1.18 bits per heavy atom. The largest absolute Gasteiger partial charge is 0.507 e. The summed E-state index contributed by atoms with van der Waals surface area (Å²) in [5, 5.41) is 10.9. The normalized spacial score (nSPS) is 17.4. The van der Waals surface area contributed by atoms with E-state index < -0.39 is 23.5 Å². The van der Waals surface area contributed by atoms with Gasteiger partial charge in [0.25, 0.3) is 11.7 Å². The Hall–Kier alpha value is -3.71. The molecule has 1 N–H and O–H groups in total. The Morgan fingerprint density at radius 3 is 2.58 bits per heavy atom. The number of aromatic nitrogens is 1. The molecule has 0 spiro atoms. The molecule has 2 heterocycles. The van der Waals surface area contributed by atoms with Crippen molar-refractivity contribution in [3.63, 3.8) is 0 Å². The molecule has 1 atom stereocenters. The molecule has 0 aliphatic carbocycles. The van der Waals surface area contributed by atoms with E-state index in [0.29, 0.717) is 23.5 Å². The smallest absolute Gasteiger partial charge is 0.300 e. The molecule has 1 aromatic heterocycles. The minimum Gasteiger partial charge on any atom is -0.507 e. The van der Waals surface area contributed by atoms with Crippen LogP contribution in [0.4, 0.5) is 10.1 Å². The second-order valence-corrected chi connectivity index (χ2v) is 7.83. The number of aliphatic hydroxyl groups is 1. The van der Waals surface area contributed by atoms with Gasteiger partial charge in [-0.15, -0.1) is 0 Å². The predicted octanol–water partition coefficient (Wildman–Crippen LogP) is 5.29. The third-order valence-corrected chi connectivity index (χ3v) is 5.52. The maximum atomic E-state index is 13.7. The van der Waals surface area contributed by atoms with Crippen molar-refractivity contribution in [3.05, 3.63) is 94.5 Å². The molecule has 1 aliphatic heterocycles. The number of Topliss-reactive ketones (excluding diaryl/α,β-unsaturated/α-hetero) is 1. The van der Waals surface area contributed by atoms with Gasteiger partial charge in [0.1, 0.15) is 17.3 Å². The number of hydrogen-bond donors (Lipinski definition) is 1. The number of carbonyl (C=O) groups excluding carboxylic acids is 2. The zero-order valence-corrected chi connectivity index (χ0v) is 18.4. The molecule has 0 bridgehead atoms. The first-order chi connectivity index (χ1) is 15.9. The maximum absolute atomic E-state index is 13.7. The number of ketones is 1. The Labute approximate surface area is 194 Å². The summed E-state index contributed by atoms with van der Waals surface area (Å²) in [6, 6.07) is 12.7. The number of hydrogen-bond acceptors (Lipinski definition) is 5. The number of carbonyl (C=O) groups is 2. The summed E-state index contributed by atoms with van der Waals surface area (Å²) in [6.07, 6.45) is 3.91. The molecule has 1 fully saturated rings. The van der Waals surface area contributed by atoms with Gasteiger partial charge >= 0.3 is 0 Å².